The van der Waals surface area contributed by atoms with E-state index in [0.717, 1.165) is 12.2 Å². The quantitative estimate of drug-likeness (QED) is 0.865. The average Bonchev–Trinajstić information content (AvgIpc) is 2.39. The highest BCUT2D eigenvalue weighted by atomic mass is 15.2. The first kappa shape index (κ1) is 13.5. The maximum Gasteiger partial charge on any atom is 0.0542 e. The molecule has 4 nitrogen and oxygen atoms in total. The van der Waals surface area contributed by atoms with Gasteiger partial charge in [0.1, 0.15) is 0 Å². The minimum atomic E-state index is 0.520. The molecule has 0 amide bonds. The van der Waals surface area contributed by atoms with Gasteiger partial charge in [-0.15, -0.1) is 0 Å². The molecule has 0 bridgehead atoms. The van der Waals surface area contributed by atoms with Crippen LogP contribution in [0.5, 0.6) is 0 Å². The zero-order chi connectivity index (χ0) is 13.0. The number of hydrogen-bond donors (Lipinski definition) is 1. The van der Waals surface area contributed by atoms with Crippen LogP contribution in [0.25, 0.3) is 0 Å². The Hall–Kier alpha value is -0.970. The third-order valence-corrected chi connectivity index (χ3v) is 3.83. The van der Waals surface area contributed by atoms with Crippen molar-refractivity contribution in [3.63, 3.8) is 0 Å². The van der Waals surface area contributed by atoms with Gasteiger partial charge in [-0.25, -0.2) is 0 Å². The highest BCUT2D eigenvalue weighted by Gasteiger charge is 2.20. The molecule has 4 heteroatoms. The van der Waals surface area contributed by atoms with Gasteiger partial charge in [0.2, 0.25) is 0 Å². The Balaban J connectivity index is 1.91. The molecule has 1 aliphatic rings. The average molecular weight is 248 g/mol. The van der Waals surface area contributed by atoms with Gasteiger partial charge >= 0.3 is 0 Å². The van der Waals surface area contributed by atoms with Gasteiger partial charge in [0.15, 0.2) is 0 Å². The lowest BCUT2D eigenvalue weighted by atomic mass is 10.0. The van der Waals surface area contributed by atoms with E-state index < -0.39 is 0 Å². The number of hydrogen-bond acceptors (Lipinski definition) is 4. The largest absolute Gasteiger partial charge is 0.325 e. The number of pyridine rings is 1. The molecule has 2 N–H and O–H groups in total. The Labute approximate surface area is 110 Å². The van der Waals surface area contributed by atoms with E-state index in [2.05, 4.69) is 41.0 Å². The van der Waals surface area contributed by atoms with Crippen LogP contribution in [0, 0.1) is 0 Å². The van der Waals surface area contributed by atoms with Crippen LogP contribution >= 0.6 is 0 Å². The zero-order valence-electron chi connectivity index (χ0n) is 11.5. The van der Waals surface area contributed by atoms with Gasteiger partial charge in [-0.2, -0.15) is 0 Å². The third kappa shape index (κ3) is 3.51. The lowest BCUT2D eigenvalue weighted by molar-refractivity contribution is 0.139. The fourth-order valence-corrected chi connectivity index (χ4v) is 2.59. The minimum absolute atomic E-state index is 0.520. The smallest absolute Gasteiger partial charge is 0.0542 e. The van der Waals surface area contributed by atoms with Crippen LogP contribution in [-0.4, -0.2) is 48.0 Å². The SMILES string of the molecule is CN1CCC(N(C)Cc2ccnc(CN)c2)CC1. The second-order valence-electron chi connectivity index (χ2n) is 5.31. The molecule has 2 rings (SSSR count). The van der Waals surface area contributed by atoms with Crippen molar-refractivity contribution in [2.75, 3.05) is 27.2 Å². The third-order valence-electron chi connectivity index (χ3n) is 3.83. The van der Waals surface area contributed by atoms with Crippen molar-refractivity contribution < 1.29 is 0 Å². The molecule has 0 atom stereocenters. The van der Waals surface area contributed by atoms with Crippen molar-refractivity contribution in [3.05, 3.63) is 29.6 Å². The number of piperidine rings is 1. The fraction of sp³-hybridized carbons (Fsp3) is 0.643. The summed E-state index contributed by atoms with van der Waals surface area (Å²) in [6.45, 7) is 3.93. The predicted octanol–water partition coefficient (Wildman–Crippen LogP) is 1.07. The van der Waals surface area contributed by atoms with Gasteiger partial charge in [0, 0.05) is 25.3 Å². The molecule has 0 saturated carbocycles. The molecular formula is C14H24N4. The molecule has 1 fully saturated rings. The van der Waals surface area contributed by atoms with Gasteiger partial charge in [0.05, 0.1) is 5.69 Å². The van der Waals surface area contributed by atoms with E-state index in [4.69, 9.17) is 5.73 Å². The fourth-order valence-electron chi connectivity index (χ4n) is 2.59. The van der Waals surface area contributed by atoms with E-state index in [1.54, 1.807) is 0 Å². The highest BCUT2D eigenvalue weighted by molar-refractivity contribution is 5.16. The number of nitrogens with two attached hydrogens (primary N) is 1. The van der Waals surface area contributed by atoms with Crippen LogP contribution < -0.4 is 5.73 Å². The number of rotatable bonds is 4. The lowest BCUT2D eigenvalue weighted by Crippen LogP contribution is -2.41. The van der Waals surface area contributed by atoms with Gasteiger partial charge in [0.25, 0.3) is 0 Å². The van der Waals surface area contributed by atoms with Crippen molar-refractivity contribution in [1.82, 2.24) is 14.8 Å². The van der Waals surface area contributed by atoms with Crippen LogP contribution in [0.3, 0.4) is 0 Å². The molecule has 0 aromatic carbocycles. The second kappa shape index (κ2) is 6.27. The molecule has 0 aliphatic carbocycles. The van der Waals surface area contributed by atoms with Crippen LogP contribution in [0.4, 0.5) is 0 Å². The molecule has 1 aliphatic heterocycles. The van der Waals surface area contributed by atoms with E-state index in [1.165, 1.54) is 31.5 Å². The number of likely N-dealkylation sites (tertiary alicyclic amines) is 1. The summed E-state index contributed by atoms with van der Waals surface area (Å²) in [4.78, 5) is 9.10. The molecule has 1 saturated heterocycles. The summed E-state index contributed by atoms with van der Waals surface area (Å²) in [5.41, 5.74) is 7.91. The highest BCUT2D eigenvalue weighted by Crippen LogP contribution is 2.16. The summed E-state index contributed by atoms with van der Waals surface area (Å²) >= 11 is 0. The molecule has 18 heavy (non-hydrogen) atoms. The summed E-state index contributed by atoms with van der Waals surface area (Å²) < 4.78 is 0. The first-order valence-electron chi connectivity index (χ1n) is 6.71. The summed E-state index contributed by atoms with van der Waals surface area (Å²) in [6, 6.07) is 4.91. The molecule has 100 valence electrons. The summed E-state index contributed by atoms with van der Waals surface area (Å²) in [5, 5.41) is 0. The molecule has 1 aromatic heterocycles. The van der Waals surface area contributed by atoms with Crippen LogP contribution in [-0.2, 0) is 13.1 Å². The lowest BCUT2D eigenvalue weighted by Gasteiger charge is -2.35. The zero-order valence-corrected chi connectivity index (χ0v) is 11.5. The standard InChI is InChI=1S/C14H24N4/c1-17-7-4-14(5-8-17)18(2)11-12-3-6-16-13(9-12)10-15/h3,6,9,14H,4-5,7-8,10-11,15H2,1-2H3. The summed E-state index contributed by atoms with van der Waals surface area (Å²) in [6.07, 6.45) is 4.39. The number of nitrogens with zero attached hydrogens (tertiary/aromatic N) is 3. The first-order chi connectivity index (χ1) is 8.69. The van der Waals surface area contributed by atoms with E-state index in [9.17, 15) is 0 Å². The molecular weight excluding hydrogens is 224 g/mol. The van der Waals surface area contributed by atoms with E-state index in [0.29, 0.717) is 12.6 Å². The van der Waals surface area contributed by atoms with Gasteiger partial charge in [-0.3, -0.25) is 9.88 Å². The monoisotopic (exact) mass is 248 g/mol. The van der Waals surface area contributed by atoms with Crippen molar-refractivity contribution >= 4 is 0 Å². The first-order valence-corrected chi connectivity index (χ1v) is 6.71. The maximum atomic E-state index is 5.63. The molecule has 0 radical (unpaired) electrons. The molecule has 2 heterocycles. The van der Waals surface area contributed by atoms with Crippen molar-refractivity contribution in [1.29, 1.82) is 0 Å². The van der Waals surface area contributed by atoms with Crippen molar-refractivity contribution in [2.24, 2.45) is 5.73 Å². The van der Waals surface area contributed by atoms with Gasteiger partial charge in [-0.1, -0.05) is 0 Å². The van der Waals surface area contributed by atoms with E-state index in [1.807, 2.05) is 6.20 Å². The topological polar surface area (TPSA) is 45.4 Å². The Morgan fingerprint density at radius 2 is 2.17 bits per heavy atom. The Morgan fingerprint density at radius 3 is 2.83 bits per heavy atom. The Morgan fingerprint density at radius 1 is 1.44 bits per heavy atom. The van der Waals surface area contributed by atoms with E-state index >= 15 is 0 Å². The van der Waals surface area contributed by atoms with Crippen LogP contribution in [0.15, 0.2) is 18.3 Å². The second-order valence-corrected chi connectivity index (χ2v) is 5.31. The van der Waals surface area contributed by atoms with Gasteiger partial charge < -0.3 is 10.6 Å². The maximum absolute atomic E-state index is 5.63. The Bertz CT molecular complexity index is 372. The molecule has 1 aromatic rings. The molecule has 0 unspecified atom stereocenters. The normalized spacial score (nSPS) is 18.4. The number of aromatic nitrogens is 1. The van der Waals surface area contributed by atoms with Crippen LogP contribution in [0.2, 0.25) is 0 Å². The van der Waals surface area contributed by atoms with Gasteiger partial charge in [-0.05, 0) is 57.7 Å². The molecule has 0 spiro atoms. The van der Waals surface area contributed by atoms with E-state index in [-0.39, 0.29) is 0 Å². The summed E-state index contributed by atoms with van der Waals surface area (Å²) in [5.74, 6) is 0. The minimum Gasteiger partial charge on any atom is -0.325 e. The predicted molar refractivity (Wildman–Crippen MR) is 74.1 cm³/mol. The van der Waals surface area contributed by atoms with Crippen molar-refractivity contribution in [2.45, 2.75) is 32.0 Å². The Kier molecular flexibility index (Phi) is 4.69. The van der Waals surface area contributed by atoms with Crippen LogP contribution in [0.1, 0.15) is 24.1 Å². The van der Waals surface area contributed by atoms with Crippen molar-refractivity contribution in [3.8, 4) is 0 Å². The summed E-state index contributed by atoms with van der Waals surface area (Å²) in [7, 11) is 4.42.